The lowest BCUT2D eigenvalue weighted by atomic mass is 9.97. The van der Waals surface area contributed by atoms with Crippen molar-refractivity contribution < 1.29 is 5.11 Å². The molecule has 0 saturated carbocycles. The molecule has 1 fully saturated rings. The summed E-state index contributed by atoms with van der Waals surface area (Å²) < 4.78 is 0. The molecule has 94 valence electrons. The molecule has 2 heteroatoms. The number of hydrogen-bond donors (Lipinski definition) is 1. The van der Waals surface area contributed by atoms with Crippen molar-refractivity contribution in [1.29, 1.82) is 0 Å². The highest BCUT2D eigenvalue weighted by atomic mass is 16.3. The van der Waals surface area contributed by atoms with Crippen LogP contribution in [-0.2, 0) is 6.54 Å². The Labute approximate surface area is 104 Å². The molecule has 1 aliphatic heterocycles. The lowest BCUT2D eigenvalue weighted by Crippen LogP contribution is -2.36. The summed E-state index contributed by atoms with van der Waals surface area (Å²) in [6.45, 7) is 7.92. The van der Waals surface area contributed by atoms with Crippen molar-refractivity contribution in [2.24, 2.45) is 5.92 Å². The van der Waals surface area contributed by atoms with Crippen molar-refractivity contribution in [2.45, 2.75) is 33.2 Å². The summed E-state index contributed by atoms with van der Waals surface area (Å²) in [4.78, 5) is 2.48. The van der Waals surface area contributed by atoms with Crippen LogP contribution in [0.3, 0.4) is 0 Å². The lowest BCUT2D eigenvalue weighted by molar-refractivity contribution is 0.116. The van der Waals surface area contributed by atoms with Crippen molar-refractivity contribution in [2.75, 3.05) is 19.7 Å². The maximum Gasteiger partial charge on any atom is 0.0471 e. The van der Waals surface area contributed by atoms with Crippen LogP contribution in [0.4, 0.5) is 0 Å². The van der Waals surface area contributed by atoms with Gasteiger partial charge >= 0.3 is 0 Å². The Morgan fingerprint density at radius 1 is 1.35 bits per heavy atom. The first-order valence-electron chi connectivity index (χ1n) is 6.58. The number of piperidine rings is 1. The summed E-state index contributed by atoms with van der Waals surface area (Å²) in [5.41, 5.74) is 4.15. The topological polar surface area (TPSA) is 23.5 Å². The first kappa shape index (κ1) is 12.6. The molecule has 0 unspecified atom stereocenters. The molecule has 1 atom stereocenters. The molecule has 0 radical (unpaired) electrons. The number of likely N-dealkylation sites (tertiary alicyclic amines) is 1. The minimum absolute atomic E-state index is 0.337. The Bertz CT molecular complexity index is 375. The van der Waals surface area contributed by atoms with E-state index in [4.69, 9.17) is 0 Å². The van der Waals surface area contributed by atoms with Crippen molar-refractivity contribution in [3.05, 3.63) is 34.9 Å². The quantitative estimate of drug-likeness (QED) is 0.867. The van der Waals surface area contributed by atoms with Gasteiger partial charge in [0.1, 0.15) is 0 Å². The van der Waals surface area contributed by atoms with Crippen LogP contribution in [-0.4, -0.2) is 29.7 Å². The van der Waals surface area contributed by atoms with E-state index in [2.05, 4.69) is 36.9 Å². The molecule has 0 aliphatic carbocycles. The van der Waals surface area contributed by atoms with Gasteiger partial charge in [-0.3, -0.25) is 4.90 Å². The number of benzene rings is 1. The van der Waals surface area contributed by atoms with Crippen molar-refractivity contribution >= 4 is 0 Å². The first-order chi connectivity index (χ1) is 8.19. The van der Waals surface area contributed by atoms with E-state index in [1.165, 1.54) is 36.1 Å². The van der Waals surface area contributed by atoms with E-state index < -0.39 is 0 Å². The van der Waals surface area contributed by atoms with E-state index in [1.54, 1.807) is 0 Å². The number of aliphatic hydroxyl groups is 1. The molecule has 1 saturated heterocycles. The summed E-state index contributed by atoms with van der Waals surface area (Å²) in [5.74, 6) is 0.480. The molecule has 17 heavy (non-hydrogen) atoms. The minimum Gasteiger partial charge on any atom is -0.396 e. The zero-order valence-electron chi connectivity index (χ0n) is 10.9. The highest BCUT2D eigenvalue weighted by Gasteiger charge is 2.19. The zero-order chi connectivity index (χ0) is 12.3. The fraction of sp³-hybridized carbons (Fsp3) is 0.600. The van der Waals surface area contributed by atoms with E-state index in [0.29, 0.717) is 12.5 Å². The molecule has 1 aromatic carbocycles. The SMILES string of the molecule is Cc1ccc(C)c(CN2CCC[C@@H](CO)C2)c1. The Balaban J connectivity index is 2.02. The second-order valence-electron chi connectivity index (χ2n) is 5.36. The second kappa shape index (κ2) is 5.65. The zero-order valence-corrected chi connectivity index (χ0v) is 10.9. The Morgan fingerprint density at radius 3 is 2.94 bits per heavy atom. The molecule has 2 rings (SSSR count). The van der Waals surface area contributed by atoms with Gasteiger partial charge < -0.3 is 5.11 Å². The third kappa shape index (κ3) is 3.30. The predicted molar refractivity (Wildman–Crippen MR) is 71.0 cm³/mol. The van der Waals surface area contributed by atoms with Crippen LogP contribution in [0.25, 0.3) is 0 Å². The van der Waals surface area contributed by atoms with Crippen molar-refractivity contribution in [3.8, 4) is 0 Å². The molecule has 1 aliphatic rings. The van der Waals surface area contributed by atoms with Gasteiger partial charge in [0, 0.05) is 19.7 Å². The van der Waals surface area contributed by atoms with Gasteiger partial charge in [0.2, 0.25) is 0 Å². The van der Waals surface area contributed by atoms with Gasteiger partial charge in [-0.2, -0.15) is 0 Å². The van der Waals surface area contributed by atoms with E-state index in [9.17, 15) is 5.11 Å². The van der Waals surface area contributed by atoms with Crippen LogP contribution in [0, 0.1) is 19.8 Å². The molecule has 2 nitrogen and oxygen atoms in total. The fourth-order valence-electron chi connectivity index (χ4n) is 2.66. The maximum absolute atomic E-state index is 9.25. The third-order valence-corrected chi connectivity index (χ3v) is 3.76. The van der Waals surface area contributed by atoms with E-state index in [-0.39, 0.29) is 0 Å². The van der Waals surface area contributed by atoms with Gasteiger partial charge in [0.15, 0.2) is 0 Å². The molecule has 1 heterocycles. The highest BCUT2D eigenvalue weighted by molar-refractivity contribution is 5.30. The molecular formula is C15H23NO. The van der Waals surface area contributed by atoms with Crippen LogP contribution < -0.4 is 0 Å². The van der Waals surface area contributed by atoms with E-state index in [1.807, 2.05) is 0 Å². The monoisotopic (exact) mass is 233 g/mol. The Morgan fingerprint density at radius 2 is 2.18 bits per heavy atom. The summed E-state index contributed by atoms with van der Waals surface area (Å²) in [7, 11) is 0. The van der Waals surface area contributed by atoms with Gasteiger partial charge in [-0.05, 0) is 50.3 Å². The van der Waals surface area contributed by atoms with Crippen LogP contribution in [0.1, 0.15) is 29.5 Å². The molecule has 0 spiro atoms. The van der Waals surface area contributed by atoms with Crippen LogP contribution in [0.2, 0.25) is 0 Å². The lowest BCUT2D eigenvalue weighted by Gasteiger charge is -2.32. The van der Waals surface area contributed by atoms with Crippen molar-refractivity contribution in [3.63, 3.8) is 0 Å². The number of aryl methyl sites for hydroxylation is 2. The maximum atomic E-state index is 9.25. The number of hydrogen-bond acceptors (Lipinski definition) is 2. The average Bonchev–Trinajstić information content (AvgIpc) is 2.34. The Hall–Kier alpha value is -0.860. The van der Waals surface area contributed by atoms with Gasteiger partial charge in [0.25, 0.3) is 0 Å². The highest BCUT2D eigenvalue weighted by Crippen LogP contribution is 2.20. The standard InChI is InChI=1S/C15H23NO/c1-12-5-6-13(2)15(8-12)10-16-7-3-4-14(9-16)11-17/h5-6,8,14,17H,3-4,7,9-11H2,1-2H3/t14-/m1/s1. The summed E-state index contributed by atoms with van der Waals surface area (Å²) >= 11 is 0. The normalized spacial score (nSPS) is 21.7. The van der Waals surface area contributed by atoms with Crippen LogP contribution >= 0.6 is 0 Å². The van der Waals surface area contributed by atoms with Gasteiger partial charge in [-0.15, -0.1) is 0 Å². The molecule has 1 N–H and O–H groups in total. The smallest absolute Gasteiger partial charge is 0.0471 e. The molecular weight excluding hydrogens is 210 g/mol. The molecule has 0 amide bonds. The molecule has 0 aromatic heterocycles. The number of rotatable bonds is 3. The fourth-order valence-corrected chi connectivity index (χ4v) is 2.66. The summed E-state index contributed by atoms with van der Waals surface area (Å²) in [6, 6.07) is 6.67. The van der Waals surface area contributed by atoms with Gasteiger partial charge in [-0.25, -0.2) is 0 Å². The van der Waals surface area contributed by atoms with E-state index in [0.717, 1.165) is 13.1 Å². The minimum atomic E-state index is 0.337. The molecule has 1 aromatic rings. The molecule has 0 bridgehead atoms. The van der Waals surface area contributed by atoms with Gasteiger partial charge in [0.05, 0.1) is 0 Å². The second-order valence-corrected chi connectivity index (χ2v) is 5.36. The first-order valence-corrected chi connectivity index (χ1v) is 6.58. The predicted octanol–water partition coefficient (Wildman–Crippen LogP) is 2.51. The Kier molecular flexibility index (Phi) is 4.19. The van der Waals surface area contributed by atoms with Crippen LogP contribution in [0.5, 0.6) is 0 Å². The number of aliphatic hydroxyl groups excluding tert-OH is 1. The average molecular weight is 233 g/mol. The van der Waals surface area contributed by atoms with Crippen LogP contribution in [0.15, 0.2) is 18.2 Å². The summed E-state index contributed by atoms with van der Waals surface area (Å²) in [6.07, 6.45) is 2.40. The summed E-state index contributed by atoms with van der Waals surface area (Å²) in [5, 5.41) is 9.25. The third-order valence-electron chi connectivity index (χ3n) is 3.76. The number of nitrogens with zero attached hydrogens (tertiary/aromatic N) is 1. The largest absolute Gasteiger partial charge is 0.396 e. The van der Waals surface area contributed by atoms with Crippen molar-refractivity contribution in [1.82, 2.24) is 4.90 Å². The van der Waals surface area contributed by atoms with E-state index >= 15 is 0 Å². The van der Waals surface area contributed by atoms with Gasteiger partial charge in [-0.1, -0.05) is 23.8 Å².